The van der Waals surface area contributed by atoms with E-state index in [1.807, 2.05) is 13.8 Å². The summed E-state index contributed by atoms with van der Waals surface area (Å²) < 4.78 is 37.4. The molecule has 2 nitrogen and oxygen atoms in total. The minimum Gasteiger partial charge on any atom is -0.301 e. The maximum atomic E-state index is 12.5. The molecule has 0 fully saturated rings. The number of alkyl halides is 3. The Morgan fingerprint density at radius 2 is 1.78 bits per heavy atom. The zero-order chi connectivity index (χ0) is 13.6. The van der Waals surface area contributed by atoms with E-state index < -0.39 is 18.6 Å². The fourth-order valence-electron chi connectivity index (χ4n) is 1.46. The van der Waals surface area contributed by atoms with Gasteiger partial charge in [0.05, 0.1) is 19.1 Å². The van der Waals surface area contributed by atoms with Gasteiger partial charge in [-0.2, -0.15) is 18.7 Å². The lowest BCUT2D eigenvalue weighted by Crippen LogP contribution is -2.28. The highest BCUT2D eigenvalue weighted by molar-refractivity contribution is 5.18. The highest BCUT2D eigenvalue weighted by Gasteiger charge is 2.32. The molecule has 1 N–H and O–H groups in total. The minimum atomic E-state index is -4.23. The van der Waals surface area contributed by atoms with Crippen molar-refractivity contribution in [3.8, 4) is 0 Å². The second kappa shape index (κ2) is 6.75. The van der Waals surface area contributed by atoms with Gasteiger partial charge in [0.15, 0.2) is 0 Å². The smallest absolute Gasteiger partial charge is 0.301 e. The first kappa shape index (κ1) is 15.0. The number of hydrogen-bond donors (Lipinski definition) is 1. The van der Waals surface area contributed by atoms with Gasteiger partial charge in [0.2, 0.25) is 0 Å². The molecule has 0 saturated carbocycles. The maximum Gasteiger partial charge on any atom is 0.391 e. The average Bonchev–Trinajstić information content (AvgIpc) is 2.27. The molecule has 0 heterocycles. The van der Waals surface area contributed by atoms with Crippen LogP contribution in [0.1, 0.15) is 31.9 Å². The van der Waals surface area contributed by atoms with Gasteiger partial charge in [-0.25, -0.2) is 0 Å². The van der Waals surface area contributed by atoms with Crippen LogP contribution in [-0.2, 0) is 4.84 Å². The average molecular weight is 261 g/mol. The molecule has 1 atom stereocenters. The van der Waals surface area contributed by atoms with E-state index in [1.54, 1.807) is 30.3 Å². The Bertz CT molecular complexity index is 338. The molecule has 0 aliphatic carbocycles. The first-order chi connectivity index (χ1) is 8.38. The lowest BCUT2D eigenvalue weighted by atomic mass is 10.0. The highest BCUT2D eigenvalue weighted by Crippen LogP contribution is 2.29. The van der Waals surface area contributed by atoms with Gasteiger partial charge in [0.25, 0.3) is 0 Å². The predicted octanol–water partition coefficient (Wildman–Crippen LogP) is 3.86. The van der Waals surface area contributed by atoms with Crippen LogP contribution in [0.15, 0.2) is 30.3 Å². The van der Waals surface area contributed by atoms with Crippen molar-refractivity contribution in [3.05, 3.63) is 35.9 Å². The van der Waals surface area contributed by atoms with Crippen molar-refractivity contribution in [2.45, 2.75) is 32.5 Å². The van der Waals surface area contributed by atoms with Gasteiger partial charge in [-0.3, -0.25) is 0 Å². The van der Waals surface area contributed by atoms with E-state index in [0.717, 1.165) is 0 Å². The Morgan fingerprint density at radius 1 is 1.17 bits per heavy atom. The van der Waals surface area contributed by atoms with E-state index in [2.05, 4.69) is 5.48 Å². The van der Waals surface area contributed by atoms with E-state index in [1.165, 1.54) is 0 Å². The van der Waals surface area contributed by atoms with Gasteiger partial charge in [0.1, 0.15) is 0 Å². The third kappa shape index (κ3) is 6.02. The number of nitrogens with one attached hydrogen (secondary N) is 1. The summed E-state index contributed by atoms with van der Waals surface area (Å²) in [6.45, 7) is 4.24. The quantitative estimate of drug-likeness (QED) is 0.785. The summed E-state index contributed by atoms with van der Waals surface area (Å²) in [7, 11) is 0. The summed E-state index contributed by atoms with van der Waals surface area (Å²) in [5, 5.41) is 0. The molecule has 102 valence electrons. The summed E-state index contributed by atoms with van der Waals surface area (Å²) >= 11 is 0. The van der Waals surface area contributed by atoms with Gasteiger partial charge in [-0.05, 0) is 11.5 Å². The van der Waals surface area contributed by atoms with Crippen molar-refractivity contribution < 1.29 is 18.0 Å². The van der Waals surface area contributed by atoms with Crippen LogP contribution in [0.3, 0.4) is 0 Å². The Hall–Kier alpha value is -1.07. The van der Waals surface area contributed by atoms with Crippen molar-refractivity contribution >= 4 is 0 Å². The molecule has 0 radical (unpaired) electrons. The molecular weight excluding hydrogens is 243 g/mol. The third-order valence-corrected chi connectivity index (χ3v) is 2.28. The fourth-order valence-corrected chi connectivity index (χ4v) is 1.46. The summed E-state index contributed by atoms with van der Waals surface area (Å²) in [5.41, 5.74) is 3.07. The van der Waals surface area contributed by atoms with Gasteiger partial charge < -0.3 is 4.84 Å². The minimum absolute atomic E-state index is 0.264. The van der Waals surface area contributed by atoms with Gasteiger partial charge in [-0.1, -0.05) is 44.2 Å². The number of benzene rings is 1. The van der Waals surface area contributed by atoms with E-state index in [9.17, 15) is 13.2 Å². The Balaban J connectivity index is 2.64. The topological polar surface area (TPSA) is 21.3 Å². The Kier molecular flexibility index (Phi) is 5.62. The number of halogens is 3. The van der Waals surface area contributed by atoms with Crippen LogP contribution in [0.2, 0.25) is 0 Å². The van der Waals surface area contributed by atoms with E-state index in [-0.39, 0.29) is 5.92 Å². The van der Waals surface area contributed by atoms with Crippen molar-refractivity contribution in [1.82, 2.24) is 5.48 Å². The van der Waals surface area contributed by atoms with Crippen LogP contribution in [0, 0.1) is 5.92 Å². The predicted molar refractivity (Wildman–Crippen MR) is 63.8 cm³/mol. The van der Waals surface area contributed by atoms with Crippen LogP contribution in [0.4, 0.5) is 13.2 Å². The second-order valence-electron chi connectivity index (χ2n) is 4.61. The molecule has 5 heteroatoms. The highest BCUT2D eigenvalue weighted by atomic mass is 19.4. The van der Waals surface area contributed by atoms with Crippen LogP contribution in [0.25, 0.3) is 0 Å². The van der Waals surface area contributed by atoms with Crippen LogP contribution in [-0.4, -0.2) is 12.8 Å². The number of rotatable bonds is 6. The zero-order valence-electron chi connectivity index (χ0n) is 10.5. The monoisotopic (exact) mass is 261 g/mol. The van der Waals surface area contributed by atoms with Crippen LogP contribution >= 0.6 is 0 Å². The normalized spacial score (nSPS) is 13.9. The molecule has 0 amide bonds. The summed E-state index contributed by atoms with van der Waals surface area (Å²) in [5.74, 6) is 0.264. The van der Waals surface area contributed by atoms with Gasteiger partial charge in [0, 0.05) is 0 Å². The summed E-state index contributed by atoms with van der Waals surface area (Å²) in [6.07, 6.45) is -5.18. The fraction of sp³-hybridized carbons (Fsp3) is 0.538. The molecule has 1 aromatic rings. The van der Waals surface area contributed by atoms with E-state index >= 15 is 0 Å². The molecule has 0 aliphatic rings. The molecule has 0 saturated heterocycles. The molecule has 0 aromatic heterocycles. The molecular formula is C13H18F3NO. The lowest BCUT2D eigenvalue weighted by molar-refractivity contribution is -0.150. The lowest BCUT2D eigenvalue weighted by Gasteiger charge is -2.21. The van der Waals surface area contributed by atoms with E-state index in [0.29, 0.717) is 12.2 Å². The molecule has 1 rings (SSSR count). The van der Waals surface area contributed by atoms with E-state index in [4.69, 9.17) is 4.84 Å². The van der Waals surface area contributed by atoms with Crippen molar-refractivity contribution in [2.75, 3.05) is 6.61 Å². The van der Waals surface area contributed by atoms with Crippen LogP contribution < -0.4 is 5.48 Å². The Morgan fingerprint density at radius 3 is 2.28 bits per heavy atom. The molecule has 1 aromatic carbocycles. The molecule has 0 aliphatic heterocycles. The standard InChI is InChI=1S/C13H18F3NO/c1-10(2)9-18-17-12(8-13(14,15)16)11-6-4-3-5-7-11/h3-7,10,12,17H,8-9H2,1-2H3. The first-order valence-corrected chi connectivity index (χ1v) is 5.87. The summed E-state index contributed by atoms with van der Waals surface area (Å²) in [4.78, 5) is 5.11. The largest absolute Gasteiger partial charge is 0.391 e. The number of hydrogen-bond acceptors (Lipinski definition) is 2. The zero-order valence-corrected chi connectivity index (χ0v) is 10.5. The maximum absolute atomic E-state index is 12.5. The van der Waals surface area contributed by atoms with Crippen molar-refractivity contribution in [3.63, 3.8) is 0 Å². The van der Waals surface area contributed by atoms with Crippen molar-refractivity contribution in [2.24, 2.45) is 5.92 Å². The SMILES string of the molecule is CC(C)CONC(CC(F)(F)F)c1ccccc1. The molecule has 0 bridgehead atoms. The van der Waals surface area contributed by atoms with Gasteiger partial charge >= 0.3 is 6.18 Å². The first-order valence-electron chi connectivity index (χ1n) is 5.87. The third-order valence-electron chi connectivity index (χ3n) is 2.28. The summed E-state index contributed by atoms with van der Waals surface area (Å²) in [6, 6.07) is 7.63. The Labute approximate surface area is 105 Å². The molecule has 0 spiro atoms. The van der Waals surface area contributed by atoms with Crippen molar-refractivity contribution in [1.29, 1.82) is 0 Å². The van der Waals surface area contributed by atoms with Crippen LogP contribution in [0.5, 0.6) is 0 Å². The molecule has 1 unspecified atom stereocenters. The second-order valence-corrected chi connectivity index (χ2v) is 4.61. The number of hydroxylamine groups is 1. The molecule has 18 heavy (non-hydrogen) atoms. The van der Waals surface area contributed by atoms with Gasteiger partial charge in [-0.15, -0.1) is 0 Å².